The summed E-state index contributed by atoms with van der Waals surface area (Å²) in [5.41, 5.74) is 2.14. The van der Waals surface area contributed by atoms with Gasteiger partial charge in [-0.15, -0.1) is 11.3 Å². The Morgan fingerprint density at radius 1 is 1.16 bits per heavy atom. The van der Waals surface area contributed by atoms with Crippen molar-refractivity contribution in [3.63, 3.8) is 0 Å². The van der Waals surface area contributed by atoms with Crippen molar-refractivity contribution in [1.29, 1.82) is 0 Å². The maximum absolute atomic E-state index is 12.3. The molecule has 1 aromatic heterocycles. The van der Waals surface area contributed by atoms with Crippen molar-refractivity contribution >= 4 is 49.0 Å². The SMILES string of the molecule is O=C(c1ccc(C2CCC2)cc1)c1cc(Br)c(Br)s1. The van der Waals surface area contributed by atoms with E-state index in [0.29, 0.717) is 5.92 Å². The Hall–Kier alpha value is -0.450. The number of carbonyl (C=O) groups excluding carboxylic acids is 1. The molecule has 3 rings (SSSR count). The molecule has 0 aliphatic heterocycles. The Morgan fingerprint density at radius 2 is 1.84 bits per heavy atom. The van der Waals surface area contributed by atoms with Crippen LogP contribution in [0.3, 0.4) is 0 Å². The standard InChI is InChI=1S/C15H12Br2OS/c16-12-8-13(19-15(12)17)14(18)11-6-4-10(5-7-11)9-2-1-3-9/h4-9H,1-3H2. The molecule has 0 bridgehead atoms. The zero-order valence-electron chi connectivity index (χ0n) is 10.2. The lowest BCUT2D eigenvalue weighted by atomic mass is 9.80. The Kier molecular flexibility index (Phi) is 3.92. The molecule has 0 radical (unpaired) electrons. The van der Waals surface area contributed by atoms with Gasteiger partial charge in [0.1, 0.15) is 0 Å². The highest BCUT2D eigenvalue weighted by Gasteiger charge is 2.20. The van der Waals surface area contributed by atoms with Crippen LogP contribution in [0.5, 0.6) is 0 Å². The molecule has 1 aromatic carbocycles. The Bertz CT molecular complexity index is 592. The summed E-state index contributed by atoms with van der Waals surface area (Å²) in [5, 5.41) is 0. The fourth-order valence-electron chi connectivity index (χ4n) is 2.25. The quantitative estimate of drug-likeness (QED) is 0.598. The van der Waals surface area contributed by atoms with Crippen LogP contribution >= 0.6 is 43.2 Å². The van der Waals surface area contributed by atoms with Crippen molar-refractivity contribution in [2.75, 3.05) is 0 Å². The molecule has 98 valence electrons. The first-order valence-corrected chi connectivity index (χ1v) is 8.65. The summed E-state index contributed by atoms with van der Waals surface area (Å²) in [6.07, 6.45) is 3.92. The molecule has 2 aromatic rings. The second kappa shape index (κ2) is 5.51. The Morgan fingerprint density at radius 3 is 2.32 bits per heavy atom. The fourth-order valence-corrected chi connectivity index (χ4v) is 4.25. The molecule has 1 aliphatic rings. The minimum atomic E-state index is 0.0940. The average Bonchev–Trinajstić information content (AvgIpc) is 2.68. The lowest BCUT2D eigenvalue weighted by molar-refractivity contribution is 0.104. The fraction of sp³-hybridized carbons (Fsp3) is 0.267. The summed E-state index contributed by atoms with van der Waals surface area (Å²) in [6, 6.07) is 10.00. The van der Waals surface area contributed by atoms with Crippen LogP contribution in [0.25, 0.3) is 0 Å². The van der Waals surface area contributed by atoms with Crippen LogP contribution in [0.4, 0.5) is 0 Å². The van der Waals surface area contributed by atoms with Crippen LogP contribution in [0.2, 0.25) is 0 Å². The number of carbonyl (C=O) groups is 1. The van der Waals surface area contributed by atoms with Gasteiger partial charge >= 0.3 is 0 Å². The van der Waals surface area contributed by atoms with Crippen LogP contribution in [0.1, 0.15) is 46.0 Å². The number of halogens is 2. The van der Waals surface area contributed by atoms with Crippen LogP contribution < -0.4 is 0 Å². The first-order chi connectivity index (χ1) is 9.15. The van der Waals surface area contributed by atoms with Gasteiger partial charge in [-0.25, -0.2) is 0 Å². The van der Waals surface area contributed by atoms with Gasteiger partial charge in [0.2, 0.25) is 5.78 Å². The van der Waals surface area contributed by atoms with E-state index >= 15 is 0 Å². The molecule has 19 heavy (non-hydrogen) atoms. The molecule has 1 aliphatic carbocycles. The number of thiophene rings is 1. The van der Waals surface area contributed by atoms with Gasteiger partial charge in [0.05, 0.1) is 8.66 Å². The number of hydrogen-bond donors (Lipinski definition) is 0. The van der Waals surface area contributed by atoms with E-state index in [9.17, 15) is 4.79 Å². The van der Waals surface area contributed by atoms with Gasteiger partial charge in [0.25, 0.3) is 0 Å². The van der Waals surface area contributed by atoms with E-state index in [1.54, 1.807) is 0 Å². The molecule has 1 heterocycles. The number of hydrogen-bond acceptors (Lipinski definition) is 2. The van der Waals surface area contributed by atoms with Crippen molar-refractivity contribution in [2.24, 2.45) is 0 Å². The van der Waals surface area contributed by atoms with Crippen molar-refractivity contribution in [2.45, 2.75) is 25.2 Å². The highest BCUT2D eigenvalue weighted by Crippen LogP contribution is 2.37. The minimum absolute atomic E-state index is 0.0940. The van der Waals surface area contributed by atoms with Gasteiger partial charge < -0.3 is 0 Å². The second-order valence-corrected chi connectivity index (χ2v) is 8.04. The van der Waals surface area contributed by atoms with Gasteiger partial charge in [-0.1, -0.05) is 30.7 Å². The van der Waals surface area contributed by atoms with E-state index in [1.807, 2.05) is 18.2 Å². The van der Waals surface area contributed by atoms with Crippen LogP contribution in [0.15, 0.2) is 38.6 Å². The first-order valence-electron chi connectivity index (χ1n) is 6.24. The summed E-state index contributed by atoms with van der Waals surface area (Å²) < 4.78 is 1.90. The van der Waals surface area contributed by atoms with Crippen LogP contribution in [0, 0.1) is 0 Å². The predicted molar refractivity (Wildman–Crippen MR) is 86.2 cm³/mol. The van der Waals surface area contributed by atoms with Crippen LogP contribution in [-0.4, -0.2) is 5.78 Å². The lowest BCUT2D eigenvalue weighted by Crippen LogP contribution is -2.09. The average molecular weight is 400 g/mol. The topological polar surface area (TPSA) is 17.1 Å². The van der Waals surface area contributed by atoms with Gasteiger partial charge in [-0.05, 0) is 62.2 Å². The summed E-state index contributed by atoms with van der Waals surface area (Å²) in [5.74, 6) is 0.811. The molecular weight excluding hydrogens is 388 g/mol. The third-order valence-corrected chi connectivity index (χ3v) is 6.87. The summed E-state index contributed by atoms with van der Waals surface area (Å²) in [7, 11) is 0. The lowest BCUT2D eigenvalue weighted by Gasteiger charge is -2.25. The summed E-state index contributed by atoms with van der Waals surface area (Å²) in [6.45, 7) is 0. The molecule has 1 nitrogen and oxygen atoms in total. The van der Waals surface area contributed by atoms with Gasteiger partial charge in [-0.2, -0.15) is 0 Å². The Labute approximate surface area is 133 Å². The molecular formula is C15H12Br2OS. The van der Waals surface area contributed by atoms with E-state index in [1.165, 1.54) is 36.2 Å². The maximum atomic E-state index is 12.3. The molecule has 0 spiro atoms. The van der Waals surface area contributed by atoms with E-state index in [0.717, 1.165) is 18.7 Å². The van der Waals surface area contributed by atoms with Gasteiger partial charge in [0.15, 0.2) is 0 Å². The number of rotatable bonds is 3. The van der Waals surface area contributed by atoms with Crippen molar-refractivity contribution in [3.05, 3.63) is 54.6 Å². The number of ketones is 1. The van der Waals surface area contributed by atoms with E-state index in [-0.39, 0.29) is 5.78 Å². The zero-order chi connectivity index (χ0) is 13.4. The Balaban J connectivity index is 1.83. The van der Waals surface area contributed by atoms with Gasteiger partial charge in [-0.3, -0.25) is 4.79 Å². The summed E-state index contributed by atoms with van der Waals surface area (Å²) >= 11 is 8.30. The second-order valence-electron chi connectivity index (χ2n) is 4.81. The smallest absolute Gasteiger partial charge is 0.203 e. The molecule has 0 unspecified atom stereocenters. The third kappa shape index (κ3) is 2.71. The molecule has 0 N–H and O–H groups in total. The highest BCUT2D eigenvalue weighted by molar-refractivity contribution is 9.13. The maximum Gasteiger partial charge on any atom is 0.203 e. The number of benzene rings is 1. The molecule has 0 amide bonds. The van der Waals surface area contributed by atoms with Crippen molar-refractivity contribution in [3.8, 4) is 0 Å². The molecule has 4 heteroatoms. The molecule has 1 fully saturated rings. The largest absolute Gasteiger partial charge is 0.288 e. The van der Waals surface area contributed by atoms with Crippen molar-refractivity contribution < 1.29 is 4.79 Å². The zero-order valence-corrected chi connectivity index (χ0v) is 14.1. The molecule has 0 atom stereocenters. The highest BCUT2D eigenvalue weighted by atomic mass is 79.9. The van der Waals surface area contributed by atoms with E-state index in [2.05, 4.69) is 44.0 Å². The first kappa shape index (κ1) is 13.5. The van der Waals surface area contributed by atoms with Crippen molar-refractivity contribution in [1.82, 2.24) is 0 Å². The summed E-state index contributed by atoms with van der Waals surface area (Å²) in [4.78, 5) is 13.1. The van der Waals surface area contributed by atoms with Gasteiger partial charge in [0, 0.05) is 10.0 Å². The minimum Gasteiger partial charge on any atom is -0.288 e. The molecule has 0 saturated heterocycles. The normalized spacial score (nSPS) is 15.3. The third-order valence-electron chi connectivity index (χ3n) is 3.62. The van der Waals surface area contributed by atoms with E-state index in [4.69, 9.17) is 0 Å². The predicted octanol–water partition coefficient (Wildman–Crippen LogP) is 5.77. The molecule has 1 saturated carbocycles. The van der Waals surface area contributed by atoms with Crippen LogP contribution in [-0.2, 0) is 0 Å². The monoisotopic (exact) mass is 398 g/mol. The van der Waals surface area contributed by atoms with E-state index < -0.39 is 0 Å².